The Labute approximate surface area is 134 Å². The van der Waals surface area contributed by atoms with Crippen molar-refractivity contribution in [3.63, 3.8) is 0 Å². The summed E-state index contributed by atoms with van der Waals surface area (Å²) in [5.74, 6) is 0.380. The molecule has 0 bridgehead atoms. The highest BCUT2D eigenvalue weighted by Gasteiger charge is 2.15. The first-order valence-corrected chi connectivity index (χ1v) is 7.23. The Bertz CT molecular complexity index is 825. The van der Waals surface area contributed by atoms with Crippen LogP contribution in [-0.2, 0) is 0 Å². The highest BCUT2D eigenvalue weighted by atomic mass is 16.5. The maximum atomic E-state index is 12.6. The van der Waals surface area contributed by atoms with Crippen LogP contribution in [-0.4, -0.2) is 22.6 Å². The van der Waals surface area contributed by atoms with Gasteiger partial charge in [-0.2, -0.15) is 0 Å². The molecule has 1 heterocycles. The van der Waals surface area contributed by atoms with Crippen molar-refractivity contribution >= 4 is 11.6 Å². The number of aryl methyl sites for hydroxylation is 1. The van der Waals surface area contributed by atoms with Gasteiger partial charge in [-0.05, 0) is 36.8 Å². The van der Waals surface area contributed by atoms with Crippen LogP contribution in [0.2, 0.25) is 0 Å². The van der Waals surface area contributed by atoms with Gasteiger partial charge in [0.2, 0.25) is 0 Å². The largest absolute Gasteiger partial charge is 0.495 e. The van der Waals surface area contributed by atoms with E-state index in [0.29, 0.717) is 17.1 Å². The van der Waals surface area contributed by atoms with Gasteiger partial charge in [-0.1, -0.05) is 24.3 Å². The number of rotatable bonds is 4. The summed E-state index contributed by atoms with van der Waals surface area (Å²) in [6.45, 7) is 1.96. The molecule has 0 radical (unpaired) electrons. The van der Waals surface area contributed by atoms with Crippen molar-refractivity contribution in [2.24, 2.45) is 0 Å². The van der Waals surface area contributed by atoms with Crippen molar-refractivity contribution in [2.75, 3.05) is 12.4 Å². The van der Waals surface area contributed by atoms with E-state index in [9.17, 15) is 4.79 Å². The first-order chi connectivity index (χ1) is 11.2. The molecule has 0 atom stereocenters. The van der Waals surface area contributed by atoms with Crippen molar-refractivity contribution in [2.45, 2.75) is 6.92 Å². The van der Waals surface area contributed by atoms with Gasteiger partial charge in [0.05, 0.1) is 25.3 Å². The summed E-state index contributed by atoms with van der Waals surface area (Å²) in [7, 11) is 1.58. The van der Waals surface area contributed by atoms with Crippen molar-refractivity contribution in [3.8, 4) is 11.4 Å². The van der Waals surface area contributed by atoms with Crippen LogP contribution >= 0.6 is 0 Å². The molecule has 0 aliphatic rings. The number of para-hydroxylation sites is 1. The summed E-state index contributed by atoms with van der Waals surface area (Å²) in [4.78, 5) is 16.7. The second-order valence-electron chi connectivity index (χ2n) is 5.14. The third kappa shape index (κ3) is 3.08. The summed E-state index contributed by atoms with van der Waals surface area (Å²) in [6, 6.07) is 15.2. The Morgan fingerprint density at radius 2 is 1.96 bits per heavy atom. The zero-order chi connectivity index (χ0) is 16.2. The van der Waals surface area contributed by atoms with Gasteiger partial charge in [-0.25, -0.2) is 4.98 Å². The molecule has 1 aromatic heterocycles. The number of ether oxygens (including phenoxy) is 1. The van der Waals surface area contributed by atoms with Crippen molar-refractivity contribution < 1.29 is 9.53 Å². The number of hydrogen-bond acceptors (Lipinski definition) is 3. The maximum Gasteiger partial charge on any atom is 0.274 e. The molecular formula is C18H17N3O2. The van der Waals surface area contributed by atoms with Gasteiger partial charge in [-0.3, -0.25) is 9.36 Å². The van der Waals surface area contributed by atoms with E-state index in [1.165, 1.54) is 0 Å². The molecule has 3 rings (SSSR count). The van der Waals surface area contributed by atoms with Crippen LogP contribution in [0.1, 0.15) is 16.1 Å². The fourth-order valence-electron chi connectivity index (χ4n) is 2.36. The third-order valence-corrected chi connectivity index (χ3v) is 3.51. The van der Waals surface area contributed by atoms with E-state index in [2.05, 4.69) is 10.3 Å². The summed E-state index contributed by atoms with van der Waals surface area (Å²) in [5, 5.41) is 2.89. The summed E-state index contributed by atoms with van der Waals surface area (Å²) in [5.41, 5.74) is 3.02. The quantitative estimate of drug-likeness (QED) is 0.803. The molecule has 0 saturated heterocycles. The van der Waals surface area contributed by atoms with E-state index in [0.717, 1.165) is 11.3 Å². The monoisotopic (exact) mass is 307 g/mol. The lowest BCUT2D eigenvalue weighted by molar-refractivity contribution is 0.102. The van der Waals surface area contributed by atoms with Gasteiger partial charge < -0.3 is 10.1 Å². The van der Waals surface area contributed by atoms with Gasteiger partial charge in [0.15, 0.2) is 0 Å². The highest BCUT2D eigenvalue weighted by Crippen LogP contribution is 2.26. The molecule has 1 N–H and O–H groups in total. The number of aromatic nitrogens is 2. The number of nitrogens with one attached hydrogen (secondary N) is 1. The van der Waals surface area contributed by atoms with Crippen LogP contribution in [0.4, 0.5) is 5.69 Å². The molecule has 1 amide bonds. The Morgan fingerprint density at radius 3 is 2.70 bits per heavy atom. The van der Waals surface area contributed by atoms with E-state index in [4.69, 9.17) is 4.74 Å². The predicted octanol–water partition coefficient (Wildman–Crippen LogP) is 3.44. The second kappa shape index (κ2) is 6.36. The average Bonchev–Trinajstić information content (AvgIpc) is 3.05. The lowest BCUT2D eigenvalue weighted by atomic mass is 10.2. The Kier molecular flexibility index (Phi) is 4.10. The van der Waals surface area contributed by atoms with E-state index in [-0.39, 0.29) is 5.91 Å². The van der Waals surface area contributed by atoms with Gasteiger partial charge in [0.25, 0.3) is 5.91 Å². The average molecular weight is 307 g/mol. The van der Waals surface area contributed by atoms with E-state index >= 15 is 0 Å². The molecule has 0 saturated carbocycles. The second-order valence-corrected chi connectivity index (χ2v) is 5.14. The molecule has 0 fully saturated rings. The minimum absolute atomic E-state index is 0.241. The normalized spacial score (nSPS) is 10.3. The smallest absolute Gasteiger partial charge is 0.274 e. The standard InChI is InChI=1S/C18H17N3O2/c1-13-8-9-17(23-2)15(10-13)20-18(22)16-11-19-12-21(16)14-6-4-3-5-7-14/h3-12H,1-2H3,(H,20,22). The van der Waals surface area contributed by atoms with Gasteiger partial charge in [0, 0.05) is 5.69 Å². The first kappa shape index (κ1) is 14.8. The minimum atomic E-state index is -0.241. The van der Waals surface area contributed by atoms with Crippen LogP contribution < -0.4 is 10.1 Å². The molecule has 0 aliphatic carbocycles. The molecule has 23 heavy (non-hydrogen) atoms. The van der Waals surface area contributed by atoms with E-state index in [1.54, 1.807) is 24.2 Å². The number of methoxy groups -OCH3 is 1. The summed E-state index contributed by atoms with van der Waals surface area (Å²) in [6.07, 6.45) is 3.17. The van der Waals surface area contributed by atoms with Crippen LogP contribution in [0, 0.1) is 6.92 Å². The third-order valence-electron chi connectivity index (χ3n) is 3.51. The van der Waals surface area contributed by atoms with Crippen molar-refractivity contribution in [1.82, 2.24) is 9.55 Å². The Balaban J connectivity index is 1.91. The predicted molar refractivity (Wildman–Crippen MR) is 89.2 cm³/mol. The molecule has 2 aromatic carbocycles. The number of amides is 1. The number of hydrogen-bond donors (Lipinski definition) is 1. The number of carbonyl (C=O) groups is 1. The van der Waals surface area contributed by atoms with Crippen LogP contribution in [0.3, 0.4) is 0 Å². The molecule has 5 heteroatoms. The fraction of sp³-hybridized carbons (Fsp3) is 0.111. The van der Waals surface area contributed by atoms with Crippen molar-refractivity contribution in [1.29, 1.82) is 0 Å². The van der Waals surface area contributed by atoms with Crippen LogP contribution in [0.25, 0.3) is 5.69 Å². The molecule has 0 spiro atoms. The summed E-state index contributed by atoms with van der Waals surface area (Å²) < 4.78 is 7.04. The molecule has 0 aliphatic heterocycles. The van der Waals surface area contributed by atoms with E-state index in [1.807, 2.05) is 55.5 Å². The molecular weight excluding hydrogens is 290 g/mol. The number of carbonyl (C=O) groups excluding carboxylic acids is 1. The number of anilines is 1. The van der Waals surface area contributed by atoms with E-state index < -0.39 is 0 Å². The number of imidazole rings is 1. The number of nitrogens with zero attached hydrogens (tertiary/aromatic N) is 2. The fourth-order valence-corrected chi connectivity index (χ4v) is 2.36. The van der Waals surface area contributed by atoms with Crippen molar-refractivity contribution in [3.05, 3.63) is 72.3 Å². The first-order valence-electron chi connectivity index (χ1n) is 7.23. The zero-order valence-electron chi connectivity index (χ0n) is 13.0. The zero-order valence-corrected chi connectivity index (χ0v) is 13.0. The van der Waals surface area contributed by atoms with Gasteiger partial charge >= 0.3 is 0 Å². The Morgan fingerprint density at radius 1 is 1.17 bits per heavy atom. The summed E-state index contributed by atoms with van der Waals surface area (Å²) >= 11 is 0. The SMILES string of the molecule is COc1ccc(C)cc1NC(=O)c1cncn1-c1ccccc1. The number of benzene rings is 2. The minimum Gasteiger partial charge on any atom is -0.495 e. The molecule has 0 unspecified atom stereocenters. The van der Waals surface area contributed by atoms with Gasteiger partial charge in [0.1, 0.15) is 11.4 Å². The molecule has 3 aromatic rings. The molecule has 5 nitrogen and oxygen atoms in total. The van der Waals surface area contributed by atoms with Crippen LogP contribution in [0.5, 0.6) is 5.75 Å². The lowest BCUT2D eigenvalue weighted by Crippen LogP contribution is -2.16. The van der Waals surface area contributed by atoms with Crippen LogP contribution in [0.15, 0.2) is 61.1 Å². The lowest BCUT2D eigenvalue weighted by Gasteiger charge is -2.12. The topological polar surface area (TPSA) is 56.1 Å². The molecule has 116 valence electrons. The maximum absolute atomic E-state index is 12.6. The van der Waals surface area contributed by atoms with Gasteiger partial charge in [-0.15, -0.1) is 0 Å². The highest BCUT2D eigenvalue weighted by molar-refractivity contribution is 6.04. The Hall–Kier alpha value is -3.08.